The van der Waals surface area contributed by atoms with Gasteiger partial charge in [-0.1, -0.05) is 0 Å². The highest BCUT2D eigenvalue weighted by Crippen LogP contribution is 2.35. The van der Waals surface area contributed by atoms with Gasteiger partial charge >= 0.3 is 12.2 Å². The first-order chi connectivity index (χ1) is 27.0. The van der Waals surface area contributed by atoms with E-state index in [4.69, 9.17) is 9.47 Å². The van der Waals surface area contributed by atoms with E-state index in [1.54, 1.807) is 0 Å². The summed E-state index contributed by atoms with van der Waals surface area (Å²) < 4.78 is 66.4. The minimum absolute atomic E-state index is 0.0120. The van der Waals surface area contributed by atoms with Crippen molar-refractivity contribution in [1.82, 2.24) is 20.0 Å². The van der Waals surface area contributed by atoms with Gasteiger partial charge in [0.05, 0.1) is 28.9 Å². The lowest BCUT2D eigenvalue weighted by Crippen LogP contribution is -2.53. The number of hydrogen-bond acceptors (Lipinski definition) is 13. The maximum absolute atomic E-state index is 14.6. The van der Waals surface area contributed by atoms with Crippen LogP contribution in [-0.4, -0.2) is 124 Å². The number of alkyl halides is 4. The minimum atomic E-state index is -3.27. The number of carbonyl (C=O) groups excluding carboxylic acids is 3. The number of halogens is 4. The van der Waals surface area contributed by atoms with Crippen molar-refractivity contribution in [2.24, 2.45) is 11.8 Å². The Morgan fingerprint density at radius 2 is 1.28 bits per heavy atom. The van der Waals surface area contributed by atoms with E-state index in [-0.39, 0.29) is 62.1 Å². The molecule has 4 fully saturated rings. The molecule has 4 saturated heterocycles. The average Bonchev–Trinajstić information content (AvgIpc) is 3.83. The minimum Gasteiger partial charge on any atom is -0.445 e. The largest absolute Gasteiger partial charge is 0.445 e. The Hall–Kier alpha value is -4.21. The summed E-state index contributed by atoms with van der Waals surface area (Å²) in [5.74, 6) is -8.42. The lowest BCUT2D eigenvalue weighted by atomic mass is 9.92. The lowest BCUT2D eigenvalue weighted by molar-refractivity contribution is -0.385. The first kappa shape index (κ1) is 45.5. The number of likely N-dealkylation sites (tertiary alicyclic amines) is 3. The molecule has 2 unspecified atom stereocenters. The molecule has 4 aliphatic rings. The second-order valence-corrected chi connectivity index (χ2v) is 15.6. The molecular formula is C36H46F4N6O9S2. The Morgan fingerprint density at radius 3 is 1.65 bits per heavy atom. The maximum atomic E-state index is 14.6. The van der Waals surface area contributed by atoms with E-state index >= 15 is 0 Å². The van der Waals surface area contributed by atoms with E-state index in [1.165, 1.54) is 55.0 Å². The molecule has 0 spiro atoms. The fraction of sp³-hybridized carbons (Fsp3) is 0.583. The number of thiol groups is 2. The number of nitro benzene ring substituents is 2. The second kappa shape index (κ2) is 21.0. The lowest BCUT2D eigenvalue weighted by Gasteiger charge is -2.39. The molecule has 0 aliphatic carbocycles. The molecule has 2 aromatic carbocycles. The third-order valence-corrected chi connectivity index (χ3v) is 10.7. The molecule has 4 heterocycles. The summed E-state index contributed by atoms with van der Waals surface area (Å²) in [5.41, 5.74) is 0.879. The zero-order valence-corrected chi connectivity index (χ0v) is 32.7. The molecule has 57 heavy (non-hydrogen) atoms. The van der Waals surface area contributed by atoms with Crippen molar-refractivity contribution in [3.8, 4) is 0 Å². The molecule has 21 heteroatoms. The number of ether oxygens (including phenoxy) is 2. The third kappa shape index (κ3) is 14.0. The van der Waals surface area contributed by atoms with E-state index in [2.05, 4.69) is 30.6 Å². The molecule has 4 atom stereocenters. The standard InChI is InChI=1S/C18H23F2N3O4S.C14H14F2N2O5.C4H9NS/c19-18(20)12-22(8-5-14(18)9-21-7-6-16(28)10-21)17(24)27-11-13-1-3-15(4-2-13)23(25)26;15-14(16)9-17(6-5-11(14)7-19)13(20)23-8-10-1-3-12(4-2-10)18(21)22;6-4-1-2-5-3-4/h1-4,14,16,28H,5-12H2;1-4,7,11H,5-6,8-9H2;4-6H,1-3H2/t14?,16-;;4-/m1.1/s1. The average molecular weight is 847 g/mol. The summed E-state index contributed by atoms with van der Waals surface area (Å²) >= 11 is 8.62. The molecule has 1 N–H and O–H groups in total. The van der Waals surface area contributed by atoms with Gasteiger partial charge in [-0.05, 0) is 74.2 Å². The quantitative estimate of drug-likeness (QED) is 0.0906. The summed E-state index contributed by atoms with van der Waals surface area (Å²) in [6.45, 7) is 2.47. The van der Waals surface area contributed by atoms with Crippen LogP contribution in [-0.2, 0) is 27.5 Å². The Labute approximate surface area is 337 Å². The summed E-state index contributed by atoms with van der Waals surface area (Å²) in [5, 5.41) is 25.2. The van der Waals surface area contributed by atoms with Crippen molar-refractivity contribution in [3.05, 3.63) is 79.9 Å². The predicted molar refractivity (Wildman–Crippen MR) is 206 cm³/mol. The van der Waals surface area contributed by atoms with Crippen molar-refractivity contribution < 1.29 is 51.3 Å². The molecule has 0 aromatic heterocycles. The van der Waals surface area contributed by atoms with Crippen LogP contribution in [0.1, 0.15) is 36.8 Å². The van der Waals surface area contributed by atoms with Crippen molar-refractivity contribution in [3.63, 3.8) is 0 Å². The molecular weight excluding hydrogens is 801 g/mol. The Morgan fingerprint density at radius 1 is 0.772 bits per heavy atom. The van der Waals surface area contributed by atoms with E-state index in [0.717, 1.165) is 42.4 Å². The number of hydrogen-bond donors (Lipinski definition) is 3. The molecule has 2 aromatic rings. The molecule has 2 amide bonds. The number of non-ortho nitro benzene ring substituents is 2. The monoisotopic (exact) mass is 846 g/mol. The van der Waals surface area contributed by atoms with Crippen LogP contribution in [0, 0.1) is 32.1 Å². The molecule has 15 nitrogen and oxygen atoms in total. The van der Waals surface area contributed by atoms with Crippen LogP contribution in [0.3, 0.4) is 0 Å². The van der Waals surface area contributed by atoms with Gasteiger partial charge in [-0.2, -0.15) is 25.3 Å². The van der Waals surface area contributed by atoms with Crippen molar-refractivity contribution in [2.45, 2.75) is 61.2 Å². The second-order valence-electron chi connectivity index (χ2n) is 14.2. The van der Waals surface area contributed by atoms with Gasteiger partial charge in [-0.15, -0.1) is 0 Å². The SMILES string of the molecule is O=C(OCc1ccc([N+](=O)[O-])cc1)N1CCC(CN2CC[C@@H](S)C2)C(F)(F)C1.O=CC1CCN(C(=O)OCc2ccc([N+](=O)[O-])cc2)CC1(F)F.S[C@@H]1CCNC1. The Bertz CT molecular complexity index is 1680. The van der Waals surface area contributed by atoms with Crippen LogP contribution < -0.4 is 5.32 Å². The Kier molecular flexibility index (Phi) is 16.7. The summed E-state index contributed by atoms with van der Waals surface area (Å²) in [6, 6.07) is 10.9. The number of amides is 2. The van der Waals surface area contributed by atoms with Gasteiger partial charge < -0.3 is 34.3 Å². The van der Waals surface area contributed by atoms with E-state index in [1.807, 2.05) is 4.90 Å². The van der Waals surface area contributed by atoms with Gasteiger partial charge in [-0.3, -0.25) is 20.2 Å². The zero-order valence-electron chi connectivity index (χ0n) is 30.9. The highest BCUT2D eigenvalue weighted by Gasteiger charge is 2.48. The van der Waals surface area contributed by atoms with Crippen LogP contribution in [0.2, 0.25) is 0 Å². The van der Waals surface area contributed by atoms with Gasteiger partial charge in [0.2, 0.25) is 0 Å². The number of nitrogens with one attached hydrogen (secondary N) is 1. The first-order valence-electron chi connectivity index (χ1n) is 18.3. The molecule has 314 valence electrons. The van der Waals surface area contributed by atoms with Gasteiger partial charge in [0.15, 0.2) is 0 Å². The molecule has 0 saturated carbocycles. The highest BCUT2D eigenvalue weighted by molar-refractivity contribution is 7.81. The van der Waals surface area contributed by atoms with Gasteiger partial charge in [0, 0.05) is 73.4 Å². The molecule has 6 rings (SSSR count). The van der Waals surface area contributed by atoms with E-state index < -0.39 is 58.8 Å². The number of aldehydes is 1. The predicted octanol–water partition coefficient (Wildman–Crippen LogP) is 5.86. The highest BCUT2D eigenvalue weighted by atomic mass is 32.1. The summed E-state index contributed by atoms with van der Waals surface area (Å²) in [7, 11) is 0. The maximum Gasteiger partial charge on any atom is 0.410 e. The van der Waals surface area contributed by atoms with Gasteiger partial charge in [-0.25, -0.2) is 27.2 Å². The van der Waals surface area contributed by atoms with Crippen molar-refractivity contribution >= 4 is 55.1 Å². The smallest absolute Gasteiger partial charge is 0.410 e. The first-order valence-corrected chi connectivity index (χ1v) is 19.3. The van der Waals surface area contributed by atoms with Gasteiger partial charge in [0.1, 0.15) is 19.5 Å². The van der Waals surface area contributed by atoms with Gasteiger partial charge in [0.25, 0.3) is 23.2 Å². The van der Waals surface area contributed by atoms with Crippen molar-refractivity contribution in [2.75, 3.05) is 58.9 Å². The van der Waals surface area contributed by atoms with Crippen LogP contribution in [0.4, 0.5) is 38.5 Å². The molecule has 0 bridgehead atoms. The normalized spacial score (nSPS) is 23.9. The molecule has 0 radical (unpaired) electrons. The van der Waals surface area contributed by atoms with Crippen LogP contribution >= 0.6 is 25.3 Å². The van der Waals surface area contributed by atoms with Crippen LogP contribution in [0.5, 0.6) is 0 Å². The number of piperidine rings is 2. The zero-order chi connectivity index (χ0) is 41.8. The summed E-state index contributed by atoms with van der Waals surface area (Å²) in [6.07, 6.45) is 0.738. The van der Waals surface area contributed by atoms with Crippen LogP contribution in [0.15, 0.2) is 48.5 Å². The third-order valence-electron chi connectivity index (χ3n) is 9.86. The van der Waals surface area contributed by atoms with Crippen LogP contribution in [0.25, 0.3) is 0 Å². The van der Waals surface area contributed by atoms with Crippen molar-refractivity contribution in [1.29, 1.82) is 0 Å². The fourth-order valence-corrected chi connectivity index (χ4v) is 7.08. The van der Waals surface area contributed by atoms with E-state index in [0.29, 0.717) is 22.9 Å². The topological polar surface area (TPSA) is 178 Å². The molecule has 4 aliphatic heterocycles. The number of carbonyl (C=O) groups is 3. The number of nitrogens with zero attached hydrogens (tertiary/aromatic N) is 5. The fourth-order valence-electron chi connectivity index (χ4n) is 6.48. The number of rotatable bonds is 9. The number of benzene rings is 2. The van der Waals surface area contributed by atoms with E-state index in [9.17, 15) is 52.2 Å². The summed E-state index contributed by atoms with van der Waals surface area (Å²) in [4.78, 5) is 58.5. The number of nitro groups is 2. The Balaban J connectivity index is 0.000000223.